The summed E-state index contributed by atoms with van der Waals surface area (Å²) >= 11 is 0. The molecule has 4 heterocycles. The maximum absolute atomic E-state index is 13.2. The zero-order chi connectivity index (χ0) is 27.5. The first-order valence-corrected chi connectivity index (χ1v) is 12.0. The van der Waals surface area contributed by atoms with Crippen LogP contribution in [0.1, 0.15) is 51.5 Å². The SMILES string of the molecule is C#Cc1ccc2[nH]c3c(C#N)c(C4CCN(C(=O)c5ccc(C6(C(F)(F)F)N=N6)cc5)CC4)nn3c(=O)c2c1. The molecule has 0 radical (unpaired) electrons. The Morgan fingerprint density at radius 1 is 1.13 bits per heavy atom. The lowest BCUT2D eigenvalue weighted by Crippen LogP contribution is -2.38. The van der Waals surface area contributed by atoms with Crippen molar-refractivity contribution in [3.8, 4) is 18.4 Å². The quantitative estimate of drug-likeness (QED) is 0.400. The van der Waals surface area contributed by atoms with Gasteiger partial charge in [0, 0.05) is 35.7 Å². The van der Waals surface area contributed by atoms with Gasteiger partial charge in [0.25, 0.3) is 11.5 Å². The maximum atomic E-state index is 13.2. The fraction of sp³-hybridized carbons (Fsp3) is 0.259. The van der Waals surface area contributed by atoms with Crippen molar-refractivity contribution in [3.05, 3.63) is 80.8 Å². The van der Waals surface area contributed by atoms with Gasteiger partial charge >= 0.3 is 11.8 Å². The molecule has 1 saturated heterocycles. The standard InChI is InChI=1S/C27H18F3N7O2/c1-2-15-3-8-21-19(13-15)25(39)37-23(32-21)20(14-31)22(33-37)16-9-11-36(12-10-16)24(38)17-4-6-18(7-5-17)26(34-35-26)27(28,29)30/h1,3-8,13,16,32H,9-12H2. The van der Waals surface area contributed by atoms with Gasteiger partial charge in [-0.05, 0) is 43.2 Å². The number of nitrogens with one attached hydrogen (secondary N) is 1. The van der Waals surface area contributed by atoms with E-state index in [1.807, 2.05) is 0 Å². The minimum Gasteiger partial charge on any atom is -0.339 e. The Kier molecular flexibility index (Phi) is 5.33. The third-order valence-electron chi connectivity index (χ3n) is 7.28. The molecule has 1 N–H and O–H groups in total. The zero-order valence-corrected chi connectivity index (χ0v) is 20.2. The van der Waals surface area contributed by atoms with Gasteiger partial charge in [0.1, 0.15) is 11.6 Å². The number of hydrogen-bond donors (Lipinski definition) is 1. The molecule has 9 nitrogen and oxygen atoms in total. The number of carbonyl (C=O) groups is 1. The van der Waals surface area contributed by atoms with Crippen LogP contribution in [0.2, 0.25) is 0 Å². The van der Waals surface area contributed by atoms with Crippen LogP contribution in [0.15, 0.2) is 57.5 Å². The molecule has 4 aromatic rings. The third-order valence-corrected chi connectivity index (χ3v) is 7.28. The van der Waals surface area contributed by atoms with Gasteiger partial charge in [-0.2, -0.15) is 28.0 Å². The number of halogens is 3. The second-order valence-electron chi connectivity index (χ2n) is 9.48. The number of benzene rings is 2. The van der Waals surface area contributed by atoms with E-state index in [-0.39, 0.29) is 28.5 Å². The highest BCUT2D eigenvalue weighted by atomic mass is 19.4. The molecule has 39 heavy (non-hydrogen) atoms. The number of terminal acetylenes is 1. The molecular weight excluding hydrogens is 511 g/mol. The average Bonchev–Trinajstić information content (AvgIpc) is 3.69. The topological polar surface area (TPSA) is 119 Å². The number of rotatable bonds is 3. The van der Waals surface area contributed by atoms with Gasteiger partial charge in [0.05, 0.1) is 16.6 Å². The van der Waals surface area contributed by atoms with Crippen molar-refractivity contribution < 1.29 is 18.0 Å². The van der Waals surface area contributed by atoms with E-state index in [1.54, 1.807) is 23.1 Å². The molecule has 194 valence electrons. The normalized spacial score (nSPS) is 16.8. The molecule has 0 saturated carbocycles. The van der Waals surface area contributed by atoms with Crippen molar-refractivity contribution in [3.63, 3.8) is 0 Å². The van der Waals surface area contributed by atoms with Crippen LogP contribution in [-0.2, 0) is 5.66 Å². The Bertz CT molecular complexity index is 1820. The summed E-state index contributed by atoms with van der Waals surface area (Å²) in [6.45, 7) is 0.700. The Hall–Kier alpha value is -4.97. The number of aromatic amines is 1. The molecular formula is C27H18F3N7O2. The van der Waals surface area contributed by atoms with Crippen molar-refractivity contribution in [2.45, 2.75) is 30.6 Å². The van der Waals surface area contributed by atoms with Crippen LogP contribution in [0.3, 0.4) is 0 Å². The molecule has 0 bridgehead atoms. The van der Waals surface area contributed by atoms with E-state index < -0.39 is 17.4 Å². The maximum Gasteiger partial charge on any atom is 0.442 e. The molecule has 1 amide bonds. The van der Waals surface area contributed by atoms with Crippen LogP contribution in [0.4, 0.5) is 13.2 Å². The molecule has 0 unspecified atom stereocenters. The highest BCUT2D eigenvalue weighted by molar-refractivity contribution is 5.94. The largest absolute Gasteiger partial charge is 0.442 e. The second kappa shape index (κ2) is 8.53. The van der Waals surface area contributed by atoms with Gasteiger partial charge in [0.2, 0.25) is 0 Å². The molecule has 2 aromatic heterocycles. The summed E-state index contributed by atoms with van der Waals surface area (Å²) in [7, 11) is 0. The summed E-state index contributed by atoms with van der Waals surface area (Å²) in [5.41, 5.74) is -0.694. The lowest BCUT2D eigenvalue weighted by Gasteiger charge is -2.31. The first-order chi connectivity index (χ1) is 18.7. The zero-order valence-electron chi connectivity index (χ0n) is 20.2. The number of H-pyrrole nitrogens is 1. The van der Waals surface area contributed by atoms with Crippen LogP contribution in [-0.4, -0.2) is 44.7 Å². The monoisotopic (exact) mass is 529 g/mol. The van der Waals surface area contributed by atoms with E-state index in [2.05, 4.69) is 32.3 Å². The van der Waals surface area contributed by atoms with Crippen LogP contribution in [0, 0.1) is 23.7 Å². The summed E-state index contributed by atoms with van der Waals surface area (Å²) in [5, 5.41) is 21.1. The van der Waals surface area contributed by atoms with Crippen LogP contribution < -0.4 is 5.56 Å². The van der Waals surface area contributed by atoms with Gasteiger partial charge in [-0.15, -0.1) is 16.7 Å². The predicted molar refractivity (Wildman–Crippen MR) is 133 cm³/mol. The molecule has 2 aromatic carbocycles. The Labute approximate surface area is 218 Å². The van der Waals surface area contributed by atoms with Crippen molar-refractivity contribution in [1.82, 2.24) is 19.5 Å². The van der Waals surface area contributed by atoms with Crippen molar-refractivity contribution in [2.75, 3.05) is 13.1 Å². The minimum absolute atomic E-state index is 0.140. The summed E-state index contributed by atoms with van der Waals surface area (Å²) in [6.07, 6.45) is 1.81. The van der Waals surface area contributed by atoms with E-state index in [9.17, 15) is 28.0 Å². The number of carbonyl (C=O) groups excluding carboxylic acids is 1. The Morgan fingerprint density at radius 2 is 1.82 bits per heavy atom. The first-order valence-electron chi connectivity index (χ1n) is 12.0. The molecule has 1 fully saturated rings. The molecule has 2 aliphatic heterocycles. The molecule has 2 aliphatic rings. The lowest BCUT2D eigenvalue weighted by molar-refractivity contribution is -0.166. The number of hydrogen-bond acceptors (Lipinski definition) is 6. The molecule has 0 atom stereocenters. The number of alkyl halides is 3. The number of amides is 1. The van der Waals surface area contributed by atoms with Gasteiger partial charge in [0.15, 0.2) is 5.65 Å². The summed E-state index contributed by atoms with van der Waals surface area (Å²) < 4.78 is 40.9. The molecule has 6 rings (SSSR count). The fourth-order valence-electron chi connectivity index (χ4n) is 5.08. The third kappa shape index (κ3) is 3.76. The fourth-order valence-corrected chi connectivity index (χ4v) is 5.08. The smallest absolute Gasteiger partial charge is 0.339 e. The van der Waals surface area contributed by atoms with Gasteiger partial charge < -0.3 is 9.88 Å². The summed E-state index contributed by atoms with van der Waals surface area (Å²) in [4.78, 5) is 30.9. The van der Waals surface area contributed by atoms with E-state index in [0.29, 0.717) is 53.7 Å². The molecule has 0 spiro atoms. The Morgan fingerprint density at radius 3 is 2.41 bits per heavy atom. The van der Waals surface area contributed by atoms with E-state index in [4.69, 9.17) is 6.42 Å². The number of nitriles is 1. The van der Waals surface area contributed by atoms with Crippen molar-refractivity contribution in [2.24, 2.45) is 10.2 Å². The highest BCUT2D eigenvalue weighted by Crippen LogP contribution is 2.52. The number of likely N-dealkylation sites (tertiary alicyclic amines) is 1. The highest BCUT2D eigenvalue weighted by Gasteiger charge is 2.65. The van der Waals surface area contributed by atoms with Gasteiger partial charge in [-0.1, -0.05) is 18.1 Å². The average molecular weight is 529 g/mol. The van der Waals surface area contributed by atoms with Crippen LogP contribution in [0.5, 0.6) is 0 Å². The second-order valence-corrected chi connectivity index (χ2v) is 9.48. The van der Waals surface area contributed by atoms with Gasteiger partial charge in [-0.3, -0.25) is 9.59 Å². The first kappa shape index (κ1) is 24.4. The Balaban J connectivity index is 1.22. The summed E-state index contributed by atoms with van der Waals surface area (Å²) in [6, 6.07) is 12.3. The number of piperidine rings is 1. The van der Waals surface area contributed by atoms with Crippen molar-refractivity contribution in [1.29, 1.82) is 5.26 Å². The number of nitrogens with zero attached hydrogens (tertiary/aromatic N) is 6. The number of fused-ring (bicyclic) bond motifs is 2. The molecule has 12 heteroatoms. The van der Waals surface area contributed by atoms with Crippen LogP contribution in [0.25, 0.3) is 16.6 Å². The van der Waals surface area contributed by atoms with E-state index in [0.717, 1.165) is 0 Å². The van der Waals surface area contributed by atoms with Gasteiger partial charge in [-0.25, -0.2) is 0 Å². The van der Waals surface area contributed by atoms with E-state index in [1.165, 1.54) is 28.8 Å². The molecule has 0 aliphatic carbocycles. The lowest BCUT2D eigenvalue weighted by atomic mass is 9.91. The van der Waals surface area contributed by atoms with E-state index >= 15 is 0 Å². The minimum atomic E-state index is -4.64. The predicted octanol–water partition coefficient (Wildman–Crippen LogP) is 4.23. The number of aromatic nitrogens is 3. The van der Waals surface area contributed by atoms with Crippen LogP contribution >= 0.6 is 0 Å². The summed E-state index contributed by atoms with van der Waals surface area (Å²) in [5.74, 6) is 2.01. The van der Waals surface area contributed by atoms with Crippen molar-refractivity contribution >= 4 is 22.5 Å².